The number of hydrogen-bond donors (Lipinski definition) is 3. The SMILES string of the molecule is CN1C(=O)NC2(CCN(C(=O)Nc3cccc4cc[nH]c34)CC2)C1=O. The summed E-state index contributed by atoms with van der Waals surface area (Å²) >= 11 is 0. The monoisotopic (exact) mass is 341 g/mol. The Balaban J connectivity index is 1.44. The zero-order valence-corrected chi connectivity index (χ0v) is 13.8. The van der Waals surface area contributed by atoms with Gasteiger partial charge in [0.1, 0.15) is 5.54 Å². The number of urea groups is 2. The molecule has 0 aliphatic carbocycles. The van der Waals surface area contributed by atoms with Crippen molar-refractivity contribution in [2.45, 2.75) is 18.4 Å². The van der Waals surface area contributed by atoms with E-state index < -0.39 is 5.54 Å². The second kappa shape index (κ2) is 5.51. The molecule has 1 spiro atoms. The molecule has 130 valence electrons. The average molecular weight is 341 g/mol. The number of likely N-dealkylation sites (tertiary alicyclic amines) is 1. The summed E-state index contributed by atoms with van der Waals surface area (Å²) < 4.78 is 0. The van der Waals surface area contributed by atoms with E-state index >= 15 is 0 Å². The van der Waals surface area contributed by atoms with Crippen molar-refractivity contribution in [1.29, 1.82) is 0 Å². The van der Waals surface area contributed by atoms with E-state index in [2.05, 4.69) is 15.6 Å². The molecule has 1 aromatic carbocycles. The van der Waals surface area contributed by atoms with Crippen LogP contribution in [0.15, 0.2) is 30.5 Å². The first kappa shape index (κ1) is 15.5. The van der Waals surface area contributed by atoms with Crippen LogP contribution in [-0.4, -0.2) is 58.4 Å². The van der Waals surface area contributed by atoms with E-state index in [0.717, 1.165) is 21.5 Å². The first-order chi connectivity index (χ1) is 12.0. The number of piperidine rings is 1. The third kappa shape index (κ3) is 2.41. The molecule has 2 saturated heterocycles. The lowest BCUT2D eigenvalue weighted by Crippen LogP contribution is -2.56. The van der Waals surface area contributed by atoms with Crippen LogP contribution in [0.2, 0.25) is 0 Å². The molecule has 5 amide bonds. The van der Waals surface area contributed by atoms with Crippen LogP contribution in [0.1, 0.15) is 12.8 Å². The molecule has 2 aliphatic heterocycles. The number of aromatic nitrogens is 1. The van der Waals surface area contributed by atoms with Crippen molar-refractivity contribution in [1.82, 2.24) is 20.1 Å². The first-order valence-electron chi connectivity index (χ1n) is 8.22. The van der Waals surface area contributed by atoms with Gasteiger partial charge in [0.05, 0.1) is 11.2 Å². The smallest absolute Gasteiger partial charge is 0.324 e. The Kier molecular flexibility index (Phi) is 3.41. The van der Waals surface area contributed by atoms with Gasteiger partial charge < -0.3 is 20.5 Å². The van der Waals surface area contributed by atoms with Crippen molar-refractivity contribution in [3.8, 4) is 0 Å². The molecule has 25 heavy (non-hydrogen) atoms. The highest BCUT2D eigenvalue weighted by molar-refractivity contribution is 6.07. The second-order valence-corrected chi connectivity index (χ2v) is 6.54. The summed E-state index contributed by atoms with van der Waals surface area (Å²) in [5.41, 5.74) is 0.740. The van der Waals surface area contributed by atoms with E-state index in [0.29, 0.717) is 25.9 Å². The van der Waals surface area contributed by atoms with Gasteiger partial charge in [0.25, 0.3) is 5.91 Å². The fraction of sp³-hybridized carbons (Fsp3) is 0.353. The molecule has 0 bridgehead atoms. The Hall–Kier alpha value is -3.03. The van der Waals surface area contributed by atoms with Gasteiger partial charge in [-0.1, -0.05) is 12.1 Å². The Bertz CT molecular complexity index is 866. The van der Waals surface area contributed by atoms with Gasteiger partial charge in [-0.05, 0) is 25.0 Å². The van der Waals surface area contributed by atoms with Crippen molar-refractivity contribution in [3.63, 3.8) is 0 Å². The van der Waals surface area contributed by atoms with Gasteiger partial charge in [-0.2, -0.15) is 0 Å². The lowest BCUT2D eigenvalue weighted by atomic mass is 9.87. The van der Waals surface area contributed by atoms with Gasteiger partial charge in [0.2, 0.25) is 0 Å². The molecule has 2 fully saturated rings. The highest BCUT2D eigenvalue weighted by Crippen LogP contribution is 2.29. The van der Waals surface area contributed by atoms with Crippen LogP contribution in [0.5, 0.6) is 0 Å². The summed E-state index contributed by atoms with van der Waals surface area (Å²) in [6, 6.07) is 7.07. The van der Waals surface area contributed by atoms with Crippen molar-refractivity contribution >= 4 is 34.6 Å². The maximum atomic E-state index is 12.6. The molecule has 2 aliphatic rings. The standard InChI is InChI=1S/C17H19N5O3/c1-21-14(23)17(20-16(21)25)6-9-22(10-7-17)15(24)19-12-4-2-3-11-5-8-18-13(11)12/h2-5,8,18H,6-7,9-10H2,1H3,(H,19,24)(H,20,25). The number of carbonyl (C=O) groups is 3. The number of rotatable bonds is 1. The topological polar surface area (TPSA) is 97.5 Å². The number of benzene rings is 1. The molecule has 2 aromatic rings. The third-order valence-corrected chi connectivity index (χ3v) is 5.10. The minimum absolute atomic E-state index is 0.206. The number of carbonyl (C=O) groups excluding carboxylic acids is 3. The third-order valence-electron chi connectivity index (χ3n) is 5.10. The number of imide groups is 1. The van der Waals surface area contributed by atoms with Crippen molar-refractivity contribution in [2.24, 2.45) is 0 Å². The fourth-order valence-electron chi connectivity index (χ4n) is 3.57. The molecule has 3 N–H and O–H groups in total. The van der Waals surface area contributed by atoms with E-state index in [1.54, 1.807) is 4.90 Å². The number of anilines is 1. The molecule has 4 rings (SSSR count). The number of aromatic amines is 1. The number of nitrogens with zero attached hydrogens (tertiary/aromatic N) is 2. The van der Waals surface area contributed by atoms with E-state index in [9.17, 15) is 14.4 Å². The Morgan fingerprint density at radius 2 is 1.96 bits per heavy atom. The molecule has 8 nitrogen and oxygen atoms in total. The molecule has 0 unspecified atom stereocenters. The zero-order chi connectivity index (χ0) is 17.6. The van der Waals surface area contributed by atoms with Crippen LogP contribution >= 0.6 is 0 Å². The number of fused-ring (bicyclic) bond motifs is 1. The van der Waals surface area contributed by atoms with Crippen LogP contribution in [0.25, 0.3) is 10.9 Å². The largest absolute Gasteiger partial charge is 0.359 e. The lowest BCUT2D eigenvalue weighted by molar-refractivity contribution is -0.131. The highest BCUT2D eigenvalue weighted by atomic mass is 16.2. The van der Waals surface area contributed by atoms with Gasteiger partial charge in [-0.25, -0.2) is 9.59 Å². The maximum absolute atomic E-state index is 12.6. The van der Waals surface area contributed by atoms with Crippen LogP contribution in [0, 0.1) is 0 Å². The zero-order valence-electron chi connectivity index (χ0n) is 13.8. The molecule has 3 heterocycles. The quantitative estimate of drug-likeness (QED) is 0.689. The van der Waals surface area contributed by atoms with Gasteiger partial charge in [0, 0.05) is 31.7 Å². The molecule has 0 atom stereocenters. The summed E-state index contributed by atoms with van der Waals surface area (Å²) in [4.78, 5) is 42.5. The average Bonchev–Trinajstić information content (AvgIpc) is 3.17. The molecule has 8 heteroatoms. The minimum atomic E-state index is -0.859. The van der Waals surface area contributed by atoms with Gasteiger partial charge in [-0.3, -0.25) is 9.69 Å². The molecular weight excluding hydrogens is 322 g/mol. The van der Waals surface area contributed by atoms with E-state index in [-0.39, 0.29) is 18.0 Å². The number of nitrogens with one attached hydrogen (secondary N) is 3. The number of amides is 5. The van der Waals surface area contributed by atoms with Crippen LogP contribution in [-0.2, 0) is 4.79 Å². The van der Waals surface area contributed by atoms with Crippen molar-refractivity contribution in [2.75, 3.05) is 25.5 Å². The van der Waals surface area contributed by atoms with E-state index in [1.807, 2.05) is 30.5 Å². The van der Waals surface area contributed by atoms with E-state index in [1.165, 1.54) is 7.05 Å². The fourth-order valence-corrected chi connectivity index (χ4v) is 3.57. The maximum Gasteiger partial charge on any atom is 0.324 e. The Labute approximate surface area is 144 Å². The highest BCUT2D eigenvalue weighted by Gasteiger charge is 2.51. The predicted octanol–water partition coefficient (Wildman–Crippen LogP) is 1.72. The summed E-state index contributed by atoms with van der Waals surface area (Å²) in [6.45, 7) is 0.818. The molecule has 1 aromatic heterocycles. The van der Waals surface area contributed by atoms with Crippen LogP contribution in [0.4, 0.5) is 15.3 Å². The molecule has 0 radical (unpaired) electrons. The van der Waals surface area contributed by atoms with Crippen molar-refractivity contribution < 1.29 is 14.4 Å². The number of para-hydroxylation sites is 1. The second-order valence-electron chi connectivity index (χ2n) is 6.54. The minimum Gasteiger partial charge on any atom is -0.359 e. The van der Waals surface area contributed by atoms with Crippen LogP contribution < -0.4 is 10.6 Å². The lowest BCUT2D eigenvalue weighted by Gasteiger charge is -2.37. The number of hydrogen-bond acceptors (Lipinski definition) is 3. The first-order valence-corrected chi connectivity index (χ1v) is 8.22. The normalized spacial score (nSPS) is 19.6. The van der Waals surface area contributed by atoms with Gasteiger partial charge in [0.15, 0.2) is 0 Å². The predicted molar refractivity (Wildman–Crippen MR) is 92.2 cm³/mol. The van der Waals surface area contributed by atoms with Crippen molar-refractivity contribution in [3.05, 3.63) is 30.5 Å². The van der Waals surface area contributed by atoms with Gasteiger partial charge >= 0.3 is 12.1 Å². The summed E-state index contributed by atoms with van der Waals surface area (Å²) in [5.74, 6) is -0.214. The number of likely N-dealkylation sites (N-methyl/N-ethyl adjacent to an activating group) is 1. The molecular formula is C17H19N5O3. The summed E-state index contributed by atoms with van der Waals surface area (Å²) in [6.07, 6.45) is 2.67. The summed E-state index contributed by atoms with van der Waals surface area (Å²) in [5, 5.41) is 6.72. The molecule has 0 saturated carbocycles. The van der Waals surface area contributed by atoms with Crippen LogP contribution in [0.3, 0.4) is 0 Å². The Morgan fingerprint density at radius 3 is 2.64 bits per heavy atom. The Morgan fingerprint density at radius 1 is 1.20 bits per heavy atom. The summed E-state index contributed by atoms with van der Waals surface area (Å²) in [7, 11) is 1.47. The van der Waals surface area contributed by atoms with Gasteiger partial charge in [-0.15, -0.1) is 0 Å². The van der Waals surface area contributed by atoms with E-state index in [4.69, 9.17) is 0 Å². The number of H-pyrrole nitrogens is 1.